The number of carbonyl (C=O) groups excluding carboxylic acids is 2. The lowest BCUT2D eigenvalue weighted by atomic mass is 10.1. The average Bonchev–Trinajstić information content (AvgIpc) is 2.40. The molecule has 0 aromatic heterocycles. The van der Waals surface area contributed by atoms with E-state index in [1.54, 1.807) is 12.1 Å². The van der Waals surface area contributed by atoms with Crippen molar-refractivity contribution in [3.8, 4) is 0 Å². The highest BCUT2D eigenvalue weighted by Crippen LogP contribution is 2.14. The predicted molar refractivity (Wildman–Crippen MR) is 88.3 cm³/mol. The normalized spacial score (nSPS) is 11.9. The highest BCUT2D eigenvalue weighted by molar-refractivity contribution is 9.10. The molecule has 5 nitrogen and oxygen atoms in total. The molecule has 0 aliphatic rings. The van der Waals surface area contributed by atoms with E-state index < -0.39 is 6.04 Å². The Kier molecular flexibility index (Phi) is 7.22. The largest absolute Gasteiger partial charge is 0.352 e. The summed E-state index contributed by atoms with van der Waals surface area (Å²) in [6, 6.07) is 6.39. The Morgan fingerprint density at radius 1 is 1.14 bits per heavy atom. The highest BCUT2D eigenvalue weighted by Gasteiger charge is 2.20. The maximum absolute atomic E-state index is 12.0. The van der Waals surface area contributed by atoms with E-state index in [0.717, 1.165) is 10.9 Å². The summed E-state index contributed by atoms with van der Waals surface area (Å²) in [5, 5.41) is 8.24. The number of anilines is 1. The van der Waals surface area contributed by atoms with Gasteiger partial charge in [0.25, 0.3) is 0 Å². The minimum Gasteiger partial charge on any atom is -0.352 e. The minimum atomic E-state index is -0.521. The van der Waals surface area contributed by atoms with Crippen LogP contribution < -0.4 is 16.0 Å². The third-order valence-electron chi connectivity index (χ3n) is 2.73. The fourth-order valence-corrected chi connectivity index (χ4v) is 2.07. The van der Waals surface area contributed by atoms with E-state index in [-0.39, 0.29) is 18.0 Å². The lowest BCUT2D eigenvalue weighted by Crippen LogP contribution is -2.49. The zero-order valence-electron chi connectivity index (χ0n) is 12.6. The van der Waals surface area contributed by atoms with Crippen molar-refractivity contribution in [3.05, 3.63) is 28.7 Å². The van der Waals surface area contributed by atoms with Gasteiger partial charge in [0.05, 0.1) is 0 Å². The molecule has 0 heterocycles. The van der Waals surface area contributed by atoms with Crippen molar-refractivity contribution in [1.82, 2.24) is 10.6 Å². The van der Waals surface area contributed by atoms with Crippen molar-refractivity contribution >= 4 is 33.6 Å². The number of carbonyl (C=O) groups is 2. The summed E-state index contributed by atoms with van der Waals surface area (Å²) in [6.45, 7) is 5.76. The van der Waals surface area contributed by atoms with Gasteiger partial charge in [-0.15, -0.1) is 0 Å². The van der Waals surface area contributed by atoms with E-state index in [9.17, 15) is 9.59 Å². The van der Waals surface area contributed by atoms with Crippen molar-refractivity contribution < 1.29 is 9.59 Å². The number of hydrogen-bond donors (Lipinski definition) is 3. The van der Waals surface area contributed by atoms with Gasteiger partial charge in [0.2, 0.25) is 5.91 Å². The van der Waals surface area contributed by atoms with Crippen LogP contribution in [0.1, 0.15) is 33.6 Å². The van der Waals surface area contributed by atoms with Crippen LogP contribution in [0.2, 0.25) is 0 Å². The molecule has 0 radical (unpaired) electrons. The van der Waals surface area contributed by atoms with Gasteiger partial charge in [-0.2, -0.15) is 0 Å². The molecule has 1 rings (SSSR count). The molecule has 0 spiro atoms. The molecule has 0 aliphatic carbocycles. The molecule has 116 valence electrons. The molecule has 0 bridgehead atoms. The Morgan fingerprint density at radius 2 is 1.76 bits per heavy atom. The van der Waals surface area contributed by atoms with Gasteiger partial charge in [-0.1, -0.05) is 29.3 Å². The first-order chi connectivity index (χ1) is 9.92. The van der Waals surface area contributed by atoms with E-state index in [4.69, 9.17) is 0 Å². The molecular weight excluding hydrogens is 334 g/mol. The van der Waals surface area contributed by atoms with Gasteiger partial charge in [0.1, 0.15) is 6.04 Å². The van der Waals surface area contributed by atoms with Crippen LogP contribution in [-0.4, -0.2) is 24.0 Å². The summed E-state index contributed by atoms with van der Waals surface area (Å²) in [7, 11) is 0. The summed E-state index contributed by atoms with van der Waals surface area (Å²) in [5.74, 6) is -0.155. The van der Waals surface area contributed by atoms with Gasteiger partial charge in [0.15, 0.2) is 0 Å². The number of hydrogen-bond acceptors (Lipinski definition) is 2. The monoisotopic (exact) mass is 355 g/mol. The molecule has 1 aromatic rings. The summed E-state index contributed by atoms with van der Waals surface area (Å²) < 4.78 is 0.939. The van der Waals surface area contributed by atoms with E-state index in [1.807, 2.05) is 32.9 Å². The van der Waals surface area contributed by atoms with Gasteiger partial charge < -0.3 is 16.0 Å². The van der Waals surface area contributed by atoms with Crippen LogP contribution in [0.4, 0.5) is 10.5 Å². The zero-order valence-corrected chi connectivity index (χ0v) is 14.2. The van der Waals surface area contributed by atoms with Crippen LogP contribution in [0, 0.1) is 0 Å². The number of nitrogens with one attached hydrogen (secondary N) is 3. The van der Waals surface area contributed by atoms with Crippen LogP contribution in [0.15, 0.2) is 28.7 Å². The number of amides is 3. The van der Waals surface area contributed by atoms with Gasteiger partial charge in [-0.05, 0) is 44.5 Å². The second-order valence-corrected chi connectivity index (χ2v) is 6.03. The van der Waals surface area contributed by atoms with Gasteiger partial charge in [0, 0.05) is 16.2 Å². The lowest BCUT2D eigenvalue weighted by molar-refractivity contribution is -0.123. The number of rotatable bonds is 6. The summed E-state index contributed by atoms with van der Waals surface area (Å²) >= 11 is 3.33. The first-order valence-electron chi connectivity index (χ1n) is 7.05. The quantitative estimate of drug-likeness (QED) is 0.732. The molecule has 3 N–H and O–H groups in total. The number of benzene rings is 1. The molecular formula is C15H22BrN3O2. The molecule has 0 saturated heterocycles. The third kappa shape index (κ3) is 6.62. The van der Waals surface area contributed by atoms with Crippen molar-refractivity contribution in [1.29, 1.82) is 0 Å². The SMILES string of the molecule is CCC[C@H](NC(=O)Nc1ccc(Br)cc1)C(=O)NC(C)C. The number of urea groups is 1. The van der Waals surface area contributed by atoms with Gasteiger partial charge in [-0.25, -0.2) is 4.79 Å². The predicted octanol–water partition coefficient (Wildman–Crippen LogP) is 3.26. The molecule has 0 saturated carbocycles. The Labute approximate surface area is 134 Å². The second-order valence-electron chi connectivity index (χ2n) is 5.11. The fraction of sp³-hybridized carbons (Fsp3) is 0.467. The molecule has 0 fully saturated rings. The fourth-order valence-electron chi connectivity index (χ4n) is 1.80. The van der Waals surface area contributed by atoms with Crippen LogP contribution in [0.25, 0.3) is 0 Å². The highest BCUT2D eigenvalue weighted by atomic mass is 79.9. The van der Waals surface area contributed by atoms with E-state index in [2.05, 4.69) is 31.9 Å². The first kappa shape index (κ1) is 17.5. The average molecular weight is 356 g/mol. The van der Waals surface area contributed by atoms with E-state index in [1.165, 1.54) is 0 Å². The van der Waals surface area contributed by atoms with Crippen LogP contribution in [-0.2, 0) is 4.79 Å². The third-order valence-corrected chi connectivity index (χ3v) is 3.26. The van der Waals surface area contributed by atoms with Crippen LogP contribution >= 0.6 is 15.9 Å². The number of halogens is 1. The Balaban J connectivity index is 2.59. The van der Waals surface area contributed by atoms with Crippen LogP contribution in [0.3, 0.4) is 0 Å². The summed E-state index contributed by atoms with van der Waals surface area (Å²) in [5.41, 5.74) is 0.676. The Bertz CT molecular complexity index is 474. The topological polar surface area (TPSA) is 70.2 Å². The first-order valence-corrected chi connectivity index (χ1v) is 7.85. The van der Waals surface area contributed by atoms with Crippen LogP contribution in [0.5, 0.6) is 0 Å². The molecule has 0 aliphatic heterocycles. The van der Waals surface area contributed by atoms with Crippen molar-refractivity contribution in [2.24, 2.45) is 0 Å². The van der Waals surface area contributed by atoms with Crippen molar-refractivity contribution in [2.45, 2.75) is 45.7 Å². The molecule has 21 heavy (non-hydrogen) atoms. The second kappa shape index (κ2) is 8.67. The Hall–Kier alpha value is -1.56. The minimum absolute atomic E-state index is 0.0493. The molecule has 1 aromatic carbocycles. The standard InChI is InChI=1S/C15H22BrN3O2/c1-4-5-13(14(20)17-10(2)3)19-15(21)18-12-8-6-11(16)7-9-12/h6-10,13H,4-5H2,1-3H3,(H,17,20)(H2,18,19,21)/t13-/m0/s1. The summed E-state index contributed by atoms with van der Waals surface area (Å²) in [6.07, 6.45) is 1.42. The molecule has 3 amide bonds. The molecule has 1 atom stereocenters. The van der Waals surface area contributed by atoms with E-state index in [0.29, 0.717) is 12.1 Å². The maximum Gasteiger partial charge on any atom is 0.319 e. The van der Waals surface area contributed by atoms with Crippen molar-refractivity contribution in [3.63, 3.8) is 0 Å². The van der Waals surface area contributed by atoms with Gasteiger partial charge in [-0.3, -0.25) is 4.79 Å². The Morgan fingerprint density at radius 3 is 2.29 bits per heavy atom. The maximum atomic E-state index is 12.0. The smallest absolute Gasteiger partial charge is 0.319 e. The summed E-state index contributed by atoms with van der Waals surface area (Å²) in [4.78, 5) is 24.0. The zero-order chi connectivity index (χ0) is 15.8. The molecule has 6 heteroatoms. The van der Waals surface area contributed by atoms with E-state index >= 15 is 0 Å². The lowest BCUT2D eigenvalue weighted by Gasteiger charge is -2.19. The van der Waals surface area contributed by atoms with Gasteiger partial charge >= 0.3 is 6.03 Å². The molecule has 0 unspecified atom stereocenters. The van der Waals surface area contributed by atoms with Crippen molar-refractivity contribution in [2.75, 3.05) is 5.32 Å².